The highest BCUT2D eigenvalue weighted by atomic mass is 16.1. The second kappa shape index (κ2) is 8.04. The smallest absolute Gasteiger partial charge is 0.220 e. The molecule has 7 heteroatoms. The zero-order valence-corrected chi connectivity index (χ0v) is 15.7. The molecule has 0 saturated carbocycles. The van der Waals surface area contributed by atoms with E-state index in [0.29, 0.717) is 13.0 Å². The molecule has 0 fully saturated rings. The number of aryl methyl sites for hydroxylation is 2. The van der Waals surface area contributed by atoms with Crippen molar-refractivity contribution in [2.45, 2.75) is 32.7 Å². The van der Waals surface area contributed by atoms with Crippen molar-refractivity contribution in [2.75, 3.05) is 0 Å². The van der Waals surface area contributed by atoms with Gasteiger partial charge in [0.05, 0.1) is 11.0 Å². The number of aromatic amines is 1. The van der Waals surface area contributed by atoms with E-state index in [0.717, 1.165) is 46.9 Å². The molecule has 0 saturated heterocycles. The number of nitrogens with one attached hydrogen (secondary N) is 2. The number of pyridine rings is 1. The summed E-state index contributed by atoms with van der Waals surface area (Å²) in [5.74, 6) is 2.63. The molecule has 2 N–H and O–H groups in total. The second-order valence-corrected chi connectivity index (χ2v) is 6.70. The maximum Gasteiger partial charge on any atom is 0.220 e. The molecular weight excluding hydrogens is 352 g/mol. The monoisotopic (exact) mass is 374 g/mol. The number of hydrogen-bond donors (Lipinski definition) is 2. The van der Waals surface area contributed by atoms with Crippen LogP contribution in [0.25, 0.3) is 16.9 Å². The Morgan fingerprint density at radius 2 is 2.07 bits per heavy atom. The summed E-state index contributed by atoms with van der Waals surface area (Å²) in [6, 6.07) is 11.8. The van der Waals surface area contributed by atoms with E-state index >= 15 is 0 Å². The van der Waals surface area contributed by atoms with Crippen LogP contribution in [0.1, 0.15) is 30.1 Å². The van der Waals surface area contributed by atoms with E-state index in [9.17, 15) is 4.79 Å². The van der Waals surface area contributed by atoms with E-state index < -0.39 is 0 Å². The van der Waals surface area contributed by atoms with Crippen molar-refractivity contribution in [2.24, 2.45) is 0 Å². The third-order valence-corrected chi connectivity index (χ3v) is 4.63. The standard InChI is InChI=1S/C21H22N6O/c1-15-22-11-12-27(15)20-13-16(9-10-23-20)14-24-21(28)8-4-7-19-25-17-5-2-3-6-18(17)26-19/h2-3,5-6,9-13H,4,7-8,14H2,1H3,(H,24,28)(H,25,26). The third kappa shape index (κ3) is 4.09. The summed E-state index contributed by atoms with van der Waals surface area (Å²) < 4.78 is 1.92. The van der Waals surface area contributed by atoms with Crippen LogP contribution < -0.4 is 5.32 Å². The van der Waals surface area contributed by atoms with Gasteiger partial charge in [0.15, 0.2) is 0 Å². The van der Waals surface area contributed by atoms with Crippen LogP contribution in [0.3, 0.4) is 0 Å². The molecule has 0 atom stereocenters. The Balaban J connectivity index is 1.27. The fraction of sp³-hybridized carbons (Fsp3) is 0.238. The molecule has 3 aromatic heterocycles. The number of carbonyl (C=O) groups excluding carboxylic acids is 1. The number of imidazole rings is 2. The summed E-state index contributed by atoms with van der Waals surface area (Å²) in [5.41, 5.74) is 3.00. The van der Waals surface area contributed by atoms with Gasteiger partial charge in [-0.05, 0) is 43.2 Å². The molecule has 0 aliphatic rings. The molecule has 28 heavy (non-hydrogen) atoms. The average molecular weight is 374 g/mol. The molecule has 4 rings (SSSR count). The number of aromatic nitrogens is 5. The minimum absolute atomic E-state index is 0.0354. The Morgan fingerprint density at radius 3 is 2.89 bits per heavy atom. The molecule has 142 valence electrons. The summed E-state index contributed by atoms with van der Waals surface area (Å²) >= 11 is 0. The van der Waals surface area contributed by atoms with Crippen LogP contribution in [0.15, 0.2) is 55.0 Å². The minimum Gasteiger partial charge on any atom is -0.352 e. The number of amides is 1. The van der Waals surface area contributed by atoms with E-state index in [2.05, 4.69) is 25.3 Å². The van der Waals surface area contributed by atoms with Crippen molar-refractivity contribution in [1.82, 2.24) is 29.8 Å². The van der Waals surface area contributed by atoms with Gasteiger partial charge >= 0.3 is 0 Å². The van der Waals surface area contributed by atoms with E-state index in [1.165, 1.54) is 0 Å². The van der Waals surface area contributed by atoms with Gasteiger partial charge in [0.25, 0.3) is 0 Å². The van der Waals surface area contributed by atoms with Crippen molar-refractivity contribution in [3.05, 3.63) is 72.2 Å². The number of rotatable bonds is 7. The van der Waals surface area contributed by atoms with Crippen LogP contribution in [-0.4, -0.2) is 30.4 Å². The normalized spacial score (nSPS) is 11.0. The first kappa shape index (κ1) is 17.9. The molecule has 0 bridgehead atoms. The van der Waals surface area contributed by atoms with E-state index in [-0.39, 0.29) is 5.91 Å². The SMILES string of the molecule is Cc1nccn1-c1cc(CNC(=O)CCCc2nc3ccccc3[nH]2)ccn1. The summed E-state index contributed by atoms with van der Waals surface area (Å²) in [4.78, 5) is 28.6. The zero-order valence-electron chi connectivity index (χ0n) is 15.7. The zero-order chi connectivity index (χ0) is 19.3. The molecule has 0 aliphatic carbocycles. The summed E-state index contributed by atoms with van der Waals surface area (Å²) in [6.45, 7) is 2.41. The topological polar surface area (TPSA) is 88.5 Å². The summed E-state index contributed by atoms with van der Waals surface area (Å²) in [6.07, 6.45) is 7.34. The molecule has 1 amide bonds. The molecular formula is C21H22N6O. The highest BCUT2D eigenvalue weighted by Crippen LogP contribution is 2.12. The Bertz CT molecular complexity index is 1060. The third-order valence-electron chi connectivity index (χ3n) is 4.63. The maximum atomic E-state index is 12.2. The van der Waals surface area contributed by atoms with E-state index in [1.54, 1.807) is 12.4 Å². The van der Waals surface area contributed by atoms with Gasteiger partial charge in [-0.15, -0.1) is 0 Å². The minimum atomic E-state index is 0.0354. The second-order valence-electron chi connectivity index (χ2n) is 6.70. The van der Waals surface area contributed by atoms with Crippen LogP contribution in [0, 0.1) is 6.92 Å². The van der Waals surface area contributed by atoms with Crippen molar-refractivity contribution in [1.29, 1.82) is 0 Å². The Morgan fingerprint density at radius 1 is 1.18 bits per heavy atom. The number of H-pyrrole nitrogens is 1. The van der Waals surface area contributed by atoms with Crippen molar-refractivity contribution in [3.63, 3.8) is 0 Å². The van der Waals surface area contributed by atoms with Crippen molar-refractivity contribution < 1.29 is 4.79 Å². The van der Waals surface area contributed by atoms with Gasteiger partial charge in [-0.3, -0.25) is 9.36 Å². The van der Waals surface area contributed by atoms with Crippen LogP contribution in [0.4, 0.5) is 0 Å². The Labute approximate surface area is 162 Å². The molecule has 4 aromatic rings. The van der Waals surface area contributed by atoms with Crippen LogP contribution in [0.2, 0.25) is 0 Å². The van der Waals surface area contributed by atoms with Gasteiger partial charge in [-0.2, -0.15) is 0 Å². The molecule has 1 aromatic carbocycles. The predicted molar refractivity (Wildman–Crippen MR) is 107 cm³/mol. The first-order valence-electron chi connectivity index (χ1n) is 9.34. The Hall–Kier alpha value is -3.48. The molecule has 0 aliphatic heterocycles. The fourth-order valence-electron chi connectivity index (χ4n) is 3.15. The molecule has 7 nitrogen and oxygen atoms in total. The van der Waals surface area contributed by atoms with E-state index in [4.69, 9.17) is 0 Å². The number of fused-ring (bicyclic) bond motifs is 1. The highest BCUT2D eigenvalue weighted by Gasteiger charge is 2.07. The largest absolute Gasteiger partial charge is 0.352 e. The van der Waals surface area contributed by atoms with Gasteiger partial charge < -0.3 is 10.3 Å². The van der Waals surface area contributed by atoms with Crippen molar-refractivity contribution >= 4 is 16.9 Å². The summed E-state index contributed by atoms with van der Waals surface area (Å²) in [7, 11) is 0. The lowest BCUT2D eigenvalue weighted by Gasteiger charge is -2.08. The van der Waals surface area contributed by atoms with Gasteiger partial charge in [-0.25, -0.2) is 15.0 Å². The molecule has 3 heterocycles. The maximum absolute atomic E-state index is 12.2. The van der Waals surface area contributed by atoms with Crippen molar-refractivity contribution in [3.8, 4) is 5.82 Å². The number of hydrogen-bond acceptors (Lipinski definition) is 4. The first-order valence-corrected chi connectivity index (χ1v) is 9.34. The molecule has 0 spiro atoms. The van der Waals surface area contributed by atoms with Crippen LogP contribution in [-0.2, 0) is 17.8 Å². The van der Waals surface area contributed by atoms with Crippen LogP contribution in [0.5, 0.6) is 0 Å². The van der Waals surface area contributed by atoms with Gasteiger partial charge in [0.2, 0.25) is 5.91 Å². The van der Waals surface area contributed by atoms with Crippen LogP contribution >= 0.6 is 0 Å². The summed E-state index contributed by atoms with van der Waals surface area (Å²) in [5, 5.41) is 2.98. The number of carbonyl (C=O) groups is 1. The van der Waals surface area contributed by atoms with Gasteiger partial charge in [0, 0.05) is 38.0 Å². The number of benzene rings is 1. The first-order chi connectivity index (χ1) is 13.7. The van der Waals surface area contributed by atoms with E-state index in [1.807, 2.05) is 54.1 Å². The fourth-order valence-corrected chi connectivity index (χ4v) is 3.15. The highest BCUT2D eigenvalue weighted by molar-refractivity contribution is 5.76. The Kier molecular flexibility index (Phi) is 5.14. The lowest BCUT2D eigenvalue weighted by molar-refractivity contribution is -0.121. The number of para-hydroxylation sites is 2. The lowest BCUT2D eigenvalue weighted by atomic mass is 10.2. The average Bonchev–Trinajstić information content (AvgIpc) is 3.32. The molecule has 0 unspecified atom stereocenters. The quantitative estimate of drug-likeness (QED) is 0.520. The van der Waals surface area contributed by atoms with Gasteiger partial charge in [0.1, 0.15) is 17.5 Å². The van der Waals surface area contributed by atoms with Gasteiger partial charge in [-0.1, -0.05) is 12.1 Å². The molecule has 0 radical (unpaired) electrons. The lowest BCUT2D eigenvalue weighted by Crippen LogP contribution is -2.22. The number of nitrogens with zero attached hydrogens (tertiary/aromatic N) is 4. The predicted octanol–water partition coefficient (Wildman–Crippen LogP) is 3.09.